The standard InChI is InChI=1S/C23H23NO3/c1-17-8-6-13-22(18(17)2)24-23(25)19-9-7-12-21(16-19)27-15-14-26-20-10-4-3-5-11-20/h3-13,16H,14-15H2,1-2H3,(H,24,25). The first-order valence-corrected chi connectivity index (χ1v) is 8.92. The maximum Gasteiger partial charge on any atom is 0.255 e. The Morgan fingerprint density at radius 3 is 2.26 bits per heavy atom. The van der Waals surface area contributed by atoms with Crippen LogP contribution in [0, 0.1) is 13.8 Å². The number of carbonyl (C=O) groups excluding carboxylic acids is 1. The molecule has 4 heteroatoms. The van der Waals surface area contributed by atoms with E-state index in [1.54, 1.807) is 12.1 Å². The summed E-state index contributed by atoms with van der Waals surface area (Å²) in [5, 5.41) is 2.96. The highest BCUT2D eigenvalue weighted by Gasteiger charge is 2.09. The molecule has 4 nitrogen and oxygen atoms in total. The fourth-order valence-corrected chi connectivity index (χ4v) is 2.64. The molecule has 0 aliphatic heterocycles. The van der Waals surface area contributed by atoms with Crippen LogP contribution in [0.3, 0.4) is 0 Å². The number of para-hydroxylation sites is 1. The Bertz CT molecular complexity index is 907. The Morgan fingerprint density at radius 1 is 0.815 bits per heavy atom. The molecule has 0 heterocycles. The molecule has 3 rings (SSSR count). The summed E-state index contributed by atoms with van der Waals surface area (Å²) in [5.41, 5.74) is 3.58. The fourth-order valence-electron chi connectivity index (χ4n) is 2.64. The predicted molar refractivity (Wildman–Crippen MR) is 108 cm³/mol. The van der Waals surface area contributed by atoms with Gasteiger partial charge in [-0.25, -0.2) is 0 Å². The van der Waals surface area contributed by atoms with Crippen molar-refractivity contribution >= 4 is 11.6 Å². The van der Waals surface area contributed by atoms with E-state index in [2.05, 4.69) is 5.32 Å². The predicted octanol–water partition coefficient (Wildman–Crippen LogP) is 5.01. The lowest BCUT2D eigenvalue weighted by Gasteiger charge is -2.12. The van der Waals surface area contributed by atoms with Crippen molar-refractivity contribution in [2.24, 2.45) is 0 Å². The highest BCUT2D eigenvalue weighted by molar-refractivity contribution is 6.04. The molecule has 3 aromatic rings. The molecule has 0 saturated carbocycles. The van der Waals surface area contributed by atoms with E-state index in [1.165, 1.54) is 0 Å². The van der Waals surface area contributed by atoms with Gasteiger partial charge in [0.2, 0.25) is 0 Å². The van der Waals surface area contributed by atoms with E-state index in [1.807, 2.05) is 74.5 Å². The van der Waals surface area contributed by atoms with Crippen molar-refractivity contribution in [3.05, 3.63) is 89.5 Å². The Kier molecular flexibility index (Phi) is 6.10. The molecule has 1 amide bonds. The number of carbonyl (C=O) groups is 1. The van der Waals surface area contributed by atoms with Crippen LogP contribution in [-0.4, -0.2) is 19.1 Å². The molecular formula is C23H23NO3. The molecule has 0 bridgehead atoms. The Balaban J connectivity index is 1.56. The number of anilines is 1. The molecule has 138 valence electrons. The van der Waals surface area contributed by atoms with Crippen LogP contribution >= 0.6 is 0 Å². The zero-order valence-electron chi connectivity index (χ0n) is 15.6. The van der Waals surface area contributed by atoms with Crippen LogP contribution in [-0.2, 0) is 0 Å². The smallest absolute Gasteiger partial charge is 0.255 e. The van der Waals surface area contributed by atoms with Crippen molar-refractivity contribution in [2.75, 3.05) is 18.5 Å². The molecule has 0 atom stereocenters. The van der Waals surface area contributed by atoms with Crippen LogP contribution in [0.15, 0.2) is 72.8 Å². The average Bonchev–Trinajstić information content (AvgIpc) is 2.70. The molecule has 0 fully saturated rings. The maximum absolute atomic E-state index is 12.6. The van der Waals surface area contributed by atoms with Gasteiger partial charge in [-0.15, -0.1) is 0 Å². The van der Waals surface area contributed by atoms with Gasteiger partial charge in [0.25, 0.3) is 5.91 Å². The lowest BCUT2D eigenvalue weighted by atomic mass is 10.1. The van der Waals surface area contributed by atoms with Crippen molar-refractivity contribution < 1.29 is 14.3 Å². The zero-order chi connectivity index (χ0) is 19.1. The lowest BCUT2D eigenvalue weighted by molar-refractivity contribution is 0.102. The van der Waals surface area contributed by atoms with Gasteiger partial charge in [0.15, 0.2) is 0 Å². The minimum absolute atomic E-state index is 0.158. The molecule has 0 spiro atoms. The molecule has 0 unspecified atom stereocenters. The molecule has 1 N–H and O–H groups in total. The number of rotatable bonds is 7. The number of hydrogen-bond donors (Lipinski definition) is 1. The third kappa shape index (κ3) is 5.11. The molecular weight excluding hydrogens is 338 g/mol. The van der Waals surface area contributed by atoms with E-state index in [0.717, 1.165) is 22.6 Å². The second kappa shape index (κ2) is 8.90. The Morgan fingerprint density at radius 2 is 1.48 bits per heavy atom. The van der Waals surface area contributed by atoms with Crippen molar-refractivity contribution in [2.45, 2.75) is 13.8 Å². The van der Waals surface area contributed by atoms with Crippen LogP contribution in [0.1, 0.15) is 21.5 Å². The summed E-state index contributed by atoms with van der Waals surface area (Å²) in [4.78, 5) is 12.6. The molecule has 0 saturated heterocycles. The molecule has 3 aromatic carbocycles. The van der Waals surface area contributed by atoms with Crippen LogP contribution < -0.4 is 14.8 Å². The van der Waals surface area contributed by atoms with E-state index in [9.17, 15) is 4.79 Å². The first-order chi connectivity index (χ1) is 13.1. The van der Waals surface area contributed by atoms with Gasteiger partial charge >= 0.3 is 0 Å². The quantitative estimate of drug-likeness (QED) is 0.602. The van der Waals surface area contributed by atoms with Crippen molar-refractivity contribution in [1.29, 1.82) is 0 Å². The lowest BCUT2D eigenvalue weighted by Crippen LogP contribution is -2.14. The first-order valence-electron chi connectivity index (χ1n) is 8.92. The monoisotopic (exact) mass is 361 g/mol. The van der Waals surface area contributed by atoms with Gasteiger partial charge in [0, 0.05) is 11.3 Å². The molecule has 0 aromatic heterocycles. The molecule has 0 radical (unpaired) electrons. The van der Waals surface area contributed by atoms with Crippen LogP contribution in [0.2, 0.25) is 0 Å². The SMILES string of the molecule is Cc1cccc(NC(=O)c2cccc(OCCOc3ccccc3)c2)c1C. The fraction of sp³-hybridized carbons (Fsp3) is 0.174. The highest BCUT2D eigenvalue weighted by Crippen LogP contribution is 2.20. The Hall–Kier alpha value is -3.27. The number of ether oxygens (including phenoxy) is 2. The van der Waals surface area contributed by atoms with Crippen LogP contribution in [0.4, 0.5) is 5.69 Å². The molecule has 0 aliphatic rings. The molecule has 0 aliphatic carbocycles. The maximum atomic E-state index is 12.6. The summed E-state index contributed by atoms with van der Waals surface area (Å²) in [6, 6.07) is 22.6. The van der Waals surface area contributed by atoms with Gasteiger partial charge in [-0.05, 0) is 61.4 Å². The van der Waals surface area contributed by atoms with E-state index in [-0.39, 0.29) is 5.91 Å². The number of nitrogens with one attached hydrogen (secondary N) is 1. The number of amides is 1. The zero-order valence-corrected chi connectivity index (χ0v) is 15.6. The van der Waals surface area contributed by atoms with Crippen LogP contribution in [0.25, 0.3) is 0 Å². The Labute approximate surface area is 159 Å². The van der Waals surface area contributed by atoms with Crippen molar-refractivity contribution in [3.63, 3.8) is 0 Å². The van der Waals surface area contributed by atoms with Crippen LogP contribution in [0.5, 0.6) is 11.5 Å². The van der Waals surface area contributed by atoms with Gasteiger partial charge in [-0.2, -0.15) is 0 Å². The van der Waals surface area contributed by atoms with Gasteiger partial charge in [0.05, 0.1) is 0 Å². The van der Waals surface area contributed by atoms with Gasteiger partial charge < -0.3 is 14.8 Å². The second-order valence-corrected chi connectivity index (χ2v) is 6.24. The molecule has 27 heavy (non-hydrogen) atoms. The average molecular weight is 361 g/mol. The second-order valence-electron chi connectivity index (χ2n) is 6.24. The van der Waals surface area contributed by atoms with Gasteiger partial charge in [-0.1, -0.05) is 36.4 Å². The summed E-state index contributed by atoms with van der Waals surface area (Å²) in [5.74, 6) is 1.29. The topological polar surface area (TPSA) is 47.6 Å². The summed E-state index contributed by atoms with van der Waals surface area (Å²) in [7, 11) is 0. The van der Waals surface area contributed by atoms with E-state index < -0.39 is 0 Å². The highest BCUT2D eigenvalue weighted by atomic mass is 16.5. The summed E-state index contributed by atoms with van der Waals surface area (Å²) in [6.07, 6.45) is 0. The minimum Gasteiger partial charge on any atom is -0.490 e. The third-order valence-electron chi connectivity index (χ3n) is 4.31. The minimum atomic E-state index is -0.158. The summed E-state index contributed by atoms with van der Waals surface area (Å²) >= 11 is 0. The van der Waals surface area contributed by atoms with Crippen molar-refractivity contribution in [1.82, 2.24) is 0 Å². The number of benzene rings is 3. The largest absolute Gasteiger partial charge is 0.490 e. The summed E-state index contributed by atoms with van der Waals surface area (Å²) in [6.45, 7) is 4.86. The van der Waals surface area contributed by atoms with E-state index in [0.29, 0.717) is 24.5 Å². The van der Waals surface area contributed by atoms with E-state index >= 15 is 0 Å². The third-order valence-corrected chi connectivity index (χ3v) is 4.31. The van der Waals surface area contributed by atoms with Crippen molar-refractivity contribution in [3.8, 4) is 11.5 Å². The van der Waals surface area contributed by atoms with E-state index in [4.69, 9.17) is 9.47 Å². The number of aryl methyl sites for hydroxylation is 1. The normalized spacial score (nSPS) is 10.3. The first kappa shape index (κ1) is 18.5. The van der Waals surface area contributed by atoms with Gasteiger partial charge in [0.1, 0.15) is 24.7 Å². The summed E-state index contributed by atoms with van der Waals surface area (Å²) < 4.78 is 11.3. The van der Waals surface area contributed by atoms with Gasteiger partial charge in [-0.3, -0.25) is 4.79 Å². The number of hydrogen-bond acceptors (Lipinski definition) is 3.